The summed E-state index contributed by atoms with van der Waals surface area (Å²) in [5.74, 6) is 1.34. The van der Waals surface area contributed by atoms with E-state index in [2.05, 4.69) is 10.4 Å². The lowest BCUT2D eigenvalue weighted by Crippen LogP contribution is -2.17. The number of halogens is 1. The SMILES string of the molecule is Cc1cc(NC(=NC2CC2)c2ccc(F)cc2)n(-c2ccccc2)n1. The molecule has 1 aromatic heterocycles. The molecule has 0 aliphatic heterocycles. The van der Waals surface area contributed by atoms with Crippen molar-refractivity contribution in [1.29, 1.82) is 0 Å². The number of anilines is 1. The van der Waals surface area contributed by atoms with Crippen molar-refractivity contribution in [3.63, 3.8) is 0 Å². The quantitative estimate of drug-likeness (QED) is 0.570. The Bertz CT molecular complexity index is 893. The molecule has 25 heavy (non-hydrogen) atoms. The number of para-hydroxylation sites is 1. The Morgan fingerprint density at radius 2 is 1.84 bits per heavy atom. The van der Waals surface area contributed by atoms with Crippen LogP contribution in [0.2, 0.25) is 0 Å². The summed E-state index contributed by atoms with van der Waals surface area (Å²) in [5, 5.41) is 7.98. The molecule has 1 N–H and O–H groups in total. The molecule has 4 nitrogen and oxygen atoms in total. The van der Waals surface area contributed by atoms with Gasteiger partial charge in [-0.1, -0.05) is 18.2 Å². The van der Waals surface area contributed by atoms with Crippen LogP contribution in [-0.4, -0.2) is 21.7 Å². The molecular formula is C20H19FN4. The van der Waals surface area contributed by atoms with Gasteiger partial charge in [-0.05, 0) is 56.2 Å². The van der Waals surface area contributed by atoms with E-state index in [1.165, 1.54) is 12.1 Å². The zero-order chi connectivity index (χ0) is 17.2. The predicted molar refractivity (Wildman–Crippen MR) is 97.9 cm³/mol. The van der Waals surface area contributed by atoms with Gasteiger partial charge in [-0.25, -0.2) is 9.07 Å². The first-order valence-corrected chi connectivity index (χ1v) is 8.42. The molecule has 1 saturated carbocycles. The van der Waals surface area contributed by atoms with Crippen LogP contribution in [0.3, 0.4) is 0 Å². The second-order valence-electron chi connectivity index (χ2n) is 6.26. The summed E-state index contributed by atoms with van der Waals surface area (Å²) in [6.07, 6.45) is 2.20. The molecule has 0 saturated heterocycles. The summed E-state index contributed by atoms with van der Waals surface area (Å²) in [5.41, 5.74) is 2.76. The minimum absolute atomic E-state index is 0.250. The number of hydrogen-bond acceptors (Lipinski definition) is 2. The van der Waals surface area contributed by atoms with Crippen LogP contribution in [0.4, 0.5) is 10.2 Å². The zero-order valence-corrected chi connectivity index (χ0v) is 14.0. The van der Waals surface area contributed by atoms with E-state index in [9.17, 15) is 4.39 Å². The van der Waals surface area contributed by atoms with Crippen molar-refractivity contribution in [1.82, 2.24) is 9.78 Å². The molecule has 1 aliphatic rings. The number of hydrogen-bond donors (Lipinski definition) is 1. The Morgan fingerprint density at radius 1 is 1.12 bits per heavy atom. The highest BCUT2D eigenvalue weighted by molar-refractivity contribution is 6.08. The van der Waals surface area contributed by atoms with Gasteiger partial charge in [0.25, 0.3) is 0 Å². The normalized spacial score (nSPS) is 14.6. The number of benzene rings is 2. The predicted octanol–water partition coefficient (Wildman–Crippen LogP) is 4.34. The second-order valence-corrected chi connectivity index (χ2v) is 6.26. The molecule has 0 bridgehead atoms. The first-order valence-electron chi connectivity index (χ1n) is 8.42. The van der Waals surface area contributed by atoms with Crippen LogP contribution in [0.5, 0.6) is 0 Å². The molecule has 0 amide bonds. The van der Waals surface area contributed by atoms with Crippen LogP contribution < -0.4 is 5.32 Å². The Labute approximate surface area is 146 Å². The van der Waals surface area contributed by atoms with Crippen LogP contribution >= 0.6 is 0 Å². The topological polar surface area (TPSA) is 42.2 Å². The summed E-state index contributed by atoms with van der Waals surface area (Å²) in [4.78, 5) is 4.77. The van der Waals surface area contributed by atoms with E-state index >= 15 is 0 Å². The van der Waals surface area contributed by atoms with E-state index in [-0.39, 0.29) is 5.82 Å². The molecule has 4 rings (SSSR count). The summed E-state index contributed by atoms with van der Waals surface area (Å²) < 4.78 is 15.1. The molecule has 3 aromatic rings. The highest BCUT2D eigenvalue weighted by Gasteiger charge is 2.22. The van der Waals surface area contributed by atoms with Gasteiger partial charge in [-0.3, -0.25) is 4.99 Å². The maximum absolute atomic E-state index is 13.3. The third-order valence-corrected chi connectivity index (χ3v) is 4.05. The molecule has 1 fully saturated rings. The van der Waals surface area contributed by atoms with E-state index < -0.39 is 0 Å². The number of aliphatic imine (C=N–C) groups is 1. The monoisotopic (exact) mass is 334 g/mol. The Hall–Kier alpha value is -2.95. The Balaban J connectivity index is 1.70. The zero-order valence-electron chi connectivity index (χ0n) is 14.0. The minimum Gasteiger partial charge on any atom is -0.325 e. The minimum atomic E-state index is -0.250. The van der Waals surface area contributed by atoms with Crippen LogP contribution in [0.15, 0.2) is 65.7 Å². The molecular weight excluding hydrogens is 315 g/mol. The molecule has 126 valence electrons. The van der Waals surface area contributed by atoms with E-state index in [1.54, 1.807) is 12.1 Å². The molecule has 2 aromatic carbocycles. The van der Waals surface area contributed by atoms with Crippen molar-refractivity contribution in [2.75, 3.05) is 5.32 Å². The van der Waals surface area contributed by atoms with Crippen molar-refractivity contribution >= 4 is 11.7 Å². The summed E-state index contributed by atoms with van der Waals surface area (Å²) in [6, 6.07) is 18.7. The summed E-state index contributed by atoms with van der Waals surface area (Å²) in [7, 11) is 0. The maximum atomic E-state index is 13.3. The molecule has 1 heterocycles. The lowest BCUT2D eigenvalue weighted by atomic mass is 10.2. The van der Waals surface area contributed by atoms with Gasteiger partial charge in [0.05, 0.1) is 17.4 Å². The summed E-state index contributed by atoms with van der Waals surface area (Å²) >= 11 is 0. The number of nitrogens with one attached hydrogen (secondary N) is 1. The van der Waals surface area contributed by atoms with Gasteiger partial charge in [0.15, 0.2) is 0 Å². The number of aryl methyl sites for hydroxylation is 1. The van der Waals surface area contributed by atoms with Crippen LogP contribution in [-0.2, 0) is 0 Å². The molecule has 0 unspecified atom stereocenters. The molecule has 1 aliphatic carbocycles. The van der Waals surface area contributed by atoms with Crippen LogP contribution in [0, 0.1) is 12.7 Å². The number of nitrogens with zero attached hydrogens (tertiary/aromatic N) is 3. The average molecular weight is 334 g/mol. The van der Waals surface area contributed by atoms with Gasteiger partial charge in [0.1, 0.15) is 17.5 Å². The fourth-order valence-corrected chi connectivity index (χ4v) is 2.65. The fraction of sp³-hybridized carbons (Fsp3) is 0.200. The van der Waals surface area contributed by atoms with Gasteiger partial charge in [0.2, 0.25) is 0 Å². The second kappa shape index (κ2) is 6.51. The smallest absolute Gasteiger partial charge is 0.135 e. The van der Waals surface area contributed by atoms with Crippen LogP contribution in [0.25, 0.3) is 5.69 Å². The third kappa shape index (κ3) is 3.60. The van der Waals surface area contributed by atoms with E-state index in [0.717, 1.165) is 41.4 Å². The van der Waals surface area contributed by atoms with E-state index in [1.807, 2.05) is 48.0 Å². The molecule has 0 radical (unpaired) electrons. The lowest BCUT2D eigenvalue weighted by molar-refractivity contribution is 0.628. The van der Waals surface area contributed by atoms with Crippen molar-refractivity contribution in [3.05, 3.63) is 77.7 Å². The third-order valence-electron chi connectivity index (χ3n) is 4.05. The maximum Gasteiger partial charge on any atom is 0.135 e. The Kier molecular flexibility index (Phi) is 4.06. The van der Waals surface area contributed by atoms with Gasteiger partial charge >= 0.3 is 0 Å². The standard InChI is InChI=1S/C20H19FN4/c1-14-13-19(25(24-14)18-5-3-2-4-6-18)23-20(22-17-11-12-17)15-7-9-16(21)10-8-15/h2-10,13,17H,11-12H2,1H3,(H,22,23). The molecule has 0 atom stereocenters. The van der Waals surface area contributed by atoms with Crippen molar-refractivity contribution in [3.8, 4) is 5.69 Å². The van der Waals surface area contributed by atoms with Gasteiger partial charge in [0, 0.05) is 11.6 Å². The first kappa shape index (κ1) is 15.6. The van der Waals surface area contributed by atoms with Crippen LogP contribution in [0.1, 0.15) is 24.1 Å². The van der Waals surface area contributed by atoms with Gasteiger partial charge in [-0.2, -0.15) is 5.10 Å². The fourth-order valence-electron chi connectivity index (χ4n) is 2.65. The molecule has 0 spiro atoms. The van der Waals surface area contributed by atoms with Gasteiger partial charge < -0.3 is 5.32 Å². The Morgan fingerprint density at radius 3 is 2.52 bits per heavy atom. The number of rotatable bonds is 4. The van der Waals surface area contributed by atoms with Gasteiger partial charge in [-0.15, -0.1) is 0 Å². The van der Waals surface area contributed by atoms with E-state index in [0.29, 0.717) is 6.04 Å². The van der Waals surface area contributed by atoms with Crippen molar-refractivity contribution in [2.45, 2.75) is 25.8 Å². The highest BCUT2D eigenvalue weighted by Crippen LogP contribution is 2.25. The number of amidine groups is 1. The summed E-state index contributed by atoms with van der Waals surface area (Å²) in [6.45, 7) is 1.96. The number of aromatic nitrogens is 2. The lowest BCUT2D eigenvalue weighted by Gasteiger charge is -2.12. The average Bonchev–Trinajstić information content (AvgIpc) is 3.37. The van der Waals surface area contributed by atoms with Crippen molar-refractivity contribution < 1.29 is 4.39 Å². The first-order chi connectivity index (χ1) is 12.2. The van der Waals surface area contributed by atoms with E-state index in [4.69, 9.17) is 4.99 Å². The largest absolute Gasteiger partial charge is 0.325 e. The molecule has 5 heteroatoms. The van der Waals surface area contributed by atoms with Crippen molar-refractivity contribution in [2.24, 2.45) is 4.99 Å². The highest BCUT2D eigenvalue weighted by atomic mass is 19.1.